The summed E-state index contributed by atoms with van der Waals surface area (Å²) in [5.41, 5.74) is 10.4. The first-order chi connectivity index (χ1) is 29.2. The van der Waals surface area contributed by atoms with Crippen LogP contribution in [0.3, 0.4) is 0 Å². The molecule has 7 unspecified atom stereocenters. The lowest BCUT2D eigenvalue weighted by Gasteiger charge is -2.30. The zero-order valence-corrected chi connectivity index (χ0v) is 35.0. The number of halogens is 3. The average Bonchev–Trinajstić information content (AvgIpc) is 4.08. The molecule has 14 nitrogen and oxygen atoms in total. The van der Waals surface area contributed by atoms with Gasteiger partial charge in [-0.2, -0.15) is 0 Å². The van der Waals surface area contributed by atoms with E-state index in [1.807, 2.05) is 42.7 Å². The molecule has 3 aliphatic heterocycles. The summed E-state index contributed by atoms with van der Waals surface area (Å²) in [6.07, 6.45) is 1.10. The van der Waals surface area contributed by atoms with Crippen LogP contribution in [0.5, 0.6) is 5.75 Å². The van der Waals surface area contributed by atoms with E-state index in [1.165, 1.54) is 23.0 Å². The number of aromatic amines is 2. The molecule has 3 amide bonds. The molecule has 6 heterocycles. The number of benzene rings is 2. The SMILES string of the molecule is CCCC1Oc2cc(-c3cnc(C4CC(F)CN4C(=O)C(N)C(C)C)[nH]3)cc(F)c2-c2cc3cc(-c4cnc(C5CC(F)CN5C(=O)C(NC(=O)OC)C(C)C)[nH]4)ccc3n21. The molecule has 61 heavy (non-hydrogen) atoms. The van der Waals surface area contributed by atoms with Crippen molar-refractivity contribution in [2.45, 2.75) is 103 Å². The first kappa shape index (κ1) is 41.9. The molecule has 17 heteroatoms. The van der Waals surface area contributed by atoms with E-state index in [1.54, 1.807) is 32.3 Å². The third kappa shape index (κ3) is 7.72. The molecule has 7 atom stereocenters. The molecule has 8 rings (SSSR count). The van der Waals surface area contributed by atoms with Crippen LogP contribution < -0.4 is 15.8 Å². The van der Waals surface area contributed by atoms with Crippen LogP contribution in [0.1, 0.15) is 90.3 Å². The van der Waals surface area contributed by atoms with Gasteiger partial charge in [-0.15, -0.1) is 0 Å². The molecule has 2 fully saturated rings. The number of imidazole rings is 2. The van der Waals surface area contributed by atoms with E-state index in [-0.39, 0.29) is 43.7 Å². The van der Waals surface area contributed by atoms with Crippen molar-refractivity contribution in [3.05, 3.63) is 66.3 Å². The van der Waals surface area contributed by atoms with Crippen LogP contribution in [0.4, 0.5) is 18.0 Å². The van der Waals surface area contributed by atoms with E-state index in [0.717, 1.165) is 22.9 Å². The molecule has 2 saturated heterocycles. The lowest BCUT2D eigenvalue weighted by atomic mass is 10.0. The number of likely N-dealkylation sites (tertiary alicyclic amines) is 2. The van der Waals surface area contributed by atoms with Crippen LogP contribution in [0.25, 0.3) is 44.7 Å². The van der Waals surface area contributed by atoms with Crippen LogP contribution in [0.15, 0.2) is 48.8 Å². The third-order valence-electron chi connectivity index (χ3n) is 12.1. The second-order valence-corrected chi connectivity index (χ2v) is 17.0. The highest BCUT2D eigenvalue weighted by atomic mass is 19.1. The van der Waals surface area contributed by atoms with Gasteiger partial charge in [0.25, 0.3) is 0 Å². The lowest BCUT2D eigenvalue weighted by Crippen LogP contribution is -2.51. The van der Waals surface area contributed by atoms with Crippen LogP contribution >= 0.6 is 0 Å². The number of alkyl halides is 2. The van der Waals surface area contributed by atoms with Crippen LogP contribution in [0.2, 0.25) is 0 Å². The van der Waals surface area contributed by atoms with Gasteiger partial charge < -0.3 is 44.9 Å². The minimum absolute atomic E-state index is 0.0489. The molecular weight excluding hydrogens is 792 g/mol. The van der Waals surface area contributed by atoms with Crippen molar-refractivity contribution in [3.8, 4) is 39.5 Å². The largest absolute Gasteiger partial charge is 0.469 e. The maximum absolute atomic E-state index is 16.5. The Balaban J connectivity index is 1.08. The summed E-state index contributed by atoms with van der Waals surface area (Å²) in [5.74, 6) is -0.474. The standard InChI is InChI=1S/C44H52F3N9O5/c1-7-8-36-56-31-10-9-23(29-17-49-41(51-29)34-16-27(46)20-55(34)43(58)39(22(4)5)53-44(59)60-6)11-25(31)13-32(56)37-28(47)12-24(14-35(37)61-36)30-18-50-40(52-30)33-15-26(45)19-54(33)42(57)38(48)21(2)3/h9-14,17-18,21-22,26-27,33-34,36,38-39H,7-8,15-16,19-20,48H2,1-6H3,(H,49,51)(H,50,52)(H,53,59). The Hall–Kier alpha value is -5.84. The number of nitrogens with one attached hydrogen (secondary N) is 3. The predicted octanol–water partition coefficient (Wildman–Crippen LogP) is 7.51. The molecule has 0 spiro atoms. The molecule has 0 bridgehead atoms. The summed E-state index contributed by atoms with van der Waals surface area (Å²) in [5, 5.41) is 3.41. The lowest BCUT2D eigenvalue weighted by molar-refractivity contribution is -0.136. The van der Waals surface area contributed by atoms with Crippen molar-refractivity contribution < 1.29 is 37.0 Å². The maximum Gasteiger partial charge on any atom is 0.407 e. The quantitative estimate of drug-likeness (QED) is 0.106. The highest BCUT2D eigenvalue weighted by molar-refractivity contribution is 5.92. The number of carbonyl (C=O) groups is 3. The molecule has 5 aromatic rings. The zero-order valence-electron chi connectivity index (χ0n) is 35.0. The van der Waals surface area contributed by atoms with Crippen molar-refractivity contribution in [2.24, 2.45) is 17.6 Å². The first-order valence-electron chi connectivity index (χ1n) is 20.9. The van der Waals surface area contributed by atoms with Crippen molar-refractivity contribution in [3.63, 3.8) is 0 Å². The van der Waals surface area contributed by atoms with Gasteiger partial charge in [0, 0.05) is 35.8 Å². The molecule has 2 aromatic carbocycles. The highest BCUT2D eigenvalue weighted by Crippen LogP contribution is 2.47. The molecule has 0 radical (unpaired) electrons. The van der Waals surface area contributed by atoms with Crippen molar-refractivity contribution >= 4 is 28.8 Å². The number of carbonyl (C=O) groups excluding carboxylic acids is 3. The maximum atomic E-state index is 16.5. The van der Waals surface area contributed by atoms with Gasteiger partial charge in [0.15, 0.2) is 6.23 Å². The van der Waals surface area contributed by atoms with Crippen LogP contribution in [0, 0.1) is 17.7 Å². The Bertz CT molecular complexity index is 2460. The Kier molecular flexibility index (Phi) is 11.4. The van der Waals surface area contributed by atoms with E-state index in [9.17, 15) is 23.2 Å². The number of H-pyrrole nitrogens is 2. The normalized spacial score (nSPS) is 22.1. The van der Waals surface area contributed by atoms with Gasteiger partial charge in [-0.05, 0) is 42.2 Å². The van der Waals surface area contributed by atoms with Gasteiger partial charge in [0.2, 0.25) is 11.8 Å². The van der Waals surface area contributed by atoms with E-state index in [0.29, 0.717) is 52.0 Å². The number of alkyl carbamates (subject to hydrolysis) is 1. The van der Waals surface area contributed by atoms with E-state index in [4.69, 9.17) is 15.2 Å². The number of hydrogen-bond acceptors (Lipinski definition) is 8. The number of rotatable bonds is 11. The first-order valence-corrected chi connectivity index (χ1v) is 20.9. The Labute approximate surface area is 351 Å². The fourth-order valence-electron chi connectivity index (χ4n) is 8.85. The summed E-state index contributed by atoms with van der Waals surface area (Å²) in [6, 6.07) is 7.97. The summed E-state index contributed by atoms with van der Waals surface area (Å²) in [6.45, 7) is 9.12. The second kappa shape index (κ2) is 16.6. The molecule has 5 N–H and O–H groups in total. The topological polar surface area (TPSA) is 176 Å². The summed E-state index contributed by atoms with van der Waals surface area (Å²) >= 11 is 0. The number of methoxy groups -OCH3 is 1. The predicted molar refractivity (Wildman–Crippen MR) is 222 cm³/mol. The minimum Gasteiger partial charge on any atom is -0.469 e. The second-order valence-electron chi connectivity index (χ2n) is 17.0. The van der Waals surface area contributed by atoms with Crippen LogP contribution in [-0.4, -0.2) is 96.8 Å². The number of hydrogen-bond donors (Lipinski definition) is 4. The fraction of sp³-hybridized carbons (Fsp3) is 0.477. The highest BCUT2D eigenvalue weighted by Gasteiger charge is 2.43. The minimum atomic E-state index is -1.27. The fourth-order valence-corrected chi connectivity index (χ4v) is 8.85. The van der Waals surface area contributed by atoms with Gasteiger partial charge >= 0.3 is 6.09 Å². The summed E-state index contributed by atoms with van der Waals surface area (Å²) in [7, 11) is 1.22. The molecule has 3 aliphatic rings. The number of aromatic nitrogens is 5. The number of amides is 3. The molecule has 324 valence electrons. The number of fused-ring (bicyclic) bond motifs is 5. The Morgan fingerprint density at radius 2 is 1.52 bits per heavy atom. The van der Waals surface area contributed by atoms with Gasteiger partial charge in [-0.1, -0.05) is 47.1 Å². The zero-order chi connectivity index (χ0) is 43.4. The number of ether oxygens (including phenoxy) is 2. The number of nitrogens with two attached hydrogens (primary N) is 1. The monoisotopic (exact) mass is 843 g/mol. The average molecular weight is 844 g/mol. The van der Waals surface area contributed by atoms with E-state index >= 15 is 4.39 Å². The van der Waals surface area contributed by atoms with Crippen LogP contribution in [-0.2, 0) is 14.3 Å². The van der Waals surface area contributed by atoms with Crippen molar-refractivity contribution in [1.29, 1.82) is 0 Å². The van der Waals surface area contributed by atoms with E-state index in [2.05, 4.69) is 32.2 Å². The van der Waals surface area contributed by atoms with Gasteiger partial charge in [-0.3, -0.25) is 9.59 Å². The molecule has 3 aromatic heterocycles. The van der Waals surface area contributed by atoms with Crippen molar-refractivity contribution in [2.75, 3.05) is 20.2 Å². The Morgan fingerprint density at radius 1 is 0.902 bits per heavy atom. The van der Waals surface area contributed by atoms with Gasteiger partial charge in [0.1, 0.15) is 41.6 Å². The smallest absolute Gasteiger partial charge is 0.407 e. The number of nitrogens with zero attached hydrogens (tertiary/aromatic N) is 5. The molecular formula is C44H52F3N9O5. The summed E-state index contributed by atoms with van der Waals surface area (Å²) < 4.78 is 59.4. The molecule has 0 aliphatic carbocycles. The molecule has 0 saturated carbocycles. The van der Waals surface area contributed by atoms with E-state index < -0.39 is 60.6 Å². The van der Waals surface area contributed by atoms with Crippen molar-refractivity contribution in [1.82, 2.24) is 39.6 Å². The summed E-state index contributed by atoms with van der Waals surface area (Å²) in [4.78, 5) is 57.4. The third-order valence-corrected chi connectivity index (χ3v) is 12.1. The Morgan fingerprint density at radius 3 is 2.11 bits per heavy atom. The van der Waals surface area contributed by atoms with Gasteiger partial charge in [-0.25, -0.2) is 27.9 Å². The van der Waals surface area contributed by atoms with Gasteiger partial charge in [0.05, 0.1) is 78.9 Å².